The first-order valence-corrected chi connectivity index (χ1v) is 9.06. The lowest BCUT2D eigenvalue weighted by Gasteiger charge is -2.21. The van der Waals surface area contributed by atoms with E-state index < -0.39 is 0 Å². The molecule has 1 atom stereocenters. The molecule has 1 saturated carbocycles. The van der Waals surface area contributed by atoms with Crippen LogP contribution in [0.15, 0.2) is 53.5 Å². The van der Waals surface area contributed by atoms with Crippen LogP contribution < -0.4 is 11.1 Å². The maximum atomic E-state index is 12.8. The van der Waals surface area contributed by atoms with Crippen molar-refractivity contribution in [2.24, 2.45) is 4.99 Å². The molecule has 4 heteroatoms. The van der Waals surface area contributed by atoms with Crippen molar-refractivity contribution in [3.05, 3.63) is 59.7 Å². The number of amides is 1. The van der Waals surface area contributed by atoms with E-state index >= 15 is 0 Å². The second-order valence-corrected chi connectivity index (χ2v) is 6.94. The number of rotatable bonds is 3. The Morgan fingerprint density at radius 1 is 1.04 bits per heavy atom. The highest BCUT2D eigenvalue weighted by Crippen LogP contribution is 2.37. The van der Waals surface area contributed by atoms with Crippen LogP contribution in [0.3, 0.4) is 0 Å². The second kappa shape index (κ2) is 6.71. The molecule has 1 heterocycles. The van der Waals surface area contributed by atoms with Crippen LogP contribution in [0.1, 0.15) is 49.1 Å². The normalized spacial score (nSPS) is 21.0. The number of nitrogens with one attached hydrogen (secondary N) is 1. The molecule has 25 heavy (non-hydrogen) atoms. The lowest BCUT2D eigenvalue weighted by Crippen LogP contribution is -2.24. The SMILES string of the molecule is Nc1ccc2c(c1)NC(=O)C2C(=NC1CCCCC1)c1ccccc1. The fourth-order valence-corrected chi connectivity index (χ4v) is 3.88. The van der Waals surface area contributed by atoms with Gasteiger partial charge in [0.15, 0.2) is 0 Å². The van der Waals surface area contributed by atoms with Gasteiger partial charge in [0.05, 0.1) is 11.8 Å². The van der Waals surface area contributed by atoms with Crippen molar-refractivity contribution < 1.29 is 4.79 Å². The van der Waals surface area contributed by atoms with Crippen LogP contribution in [-0.4, -0.2) is 17.7 Å². The van der Waals surface area contributed by atoms with Gasteiger partial charge in [-0.3, -0.25) is 9.79 Å². The quantitative estimate of drug-likeness (QED) is 0.655. The molecular formula is C21H23N3O. The van der Waals surface area contributed by atoms with Crippen LogP contribution in [-0.2, 0) is 4.79 Å². The summed E-state index contributed by atoms with van der Waals surface area (Å²) in [5, 5.41) is 2.98. The summed E-state index contributed by atoms with van der Waals surface area (Å²) < 4.78 is 0. The number of anilines is 2. The smallest absolute Gasteiger partial charge is 0.238 e. The van der Waals surface area contributed by atoms with Crippen LogP contribution in [0.25, 0.3) is 0 Å². The number of benzene rings is 2. The molecule has 4 rings (SSSR count). The standard InChI is InChI=1S/C21H23N3O/c22-15-11-12-17-18(13-15)24-21(25)19(17)20(14-7-3-1-4-8-14)23-16-9-5-2-6-10-16/h1,3-4,7-8,11-13,16,19H,2,5-6,9-10,22H2,(H,24,25). The average molecular weight is 333 g/mol. The number of hydrogen-bond donors (Lipinski definition) is 2. The van der Waals surface area contributed by atoms with Crippen LogP contribution >= 0.6 is 0 Å². The first kappa shape index (κ1) is 15.9. The molecular weight excluding hydrogens is 310 g/mol. The Morgan fingerprint density at radius 3 is 2.56 bits per heavy atom. The minimum Gasteiger partial charge on any atom is -0.399 e. The minimum atomic E-state index is -0.361. The Morgan fingerprint density at radius 2 is 1.80 bits per heavy atom. The highest BCUT2D eigenvalue weighted by atomic mass is 16.2. The molecule has 1 aliphatic carbocycles. The van der Waals surface area contributed by atoms with Crippen molar-refractivity contribution in [3.63, 3.8) is 0 Å². The molecule has 0 saturated heterocycles. The Labute approximate surface area is 148 Å². The molecule has 0 bridgehead atoms. The van der Waals surface area contributed by atoms with E-state index in [9.17, 15) is 4.79 Å². The molecule has 2 aromatic carbocycles. The van der Waals surface area contributed by atoms with Crippen molar-refractivity contribution in [1.82, 2.24) is 0 Å². The van der Waals surface area contributed by atoms with Crippen LogP contribution in [0.4, 0.5) is 11.4 Å². The van der Waals surface area contributed by atoms with Crippen molar-refractivity contribution >= 4 is 23.0 Å². The Kier molecular flexibility index (Phi) is 4.26. The van der Waals surface area contributed by atoms with E-state index in [0.29, 0.717) is 11.7 Å². The fraction of sp³-hybridized carbons (Fsp3) is 0.333. The summed E-state index contributed by atoms with van der Waals surface area (Å²) in [6.07, 6.45) is 5.96. The van der Waals surface area contributed by atoms with Crippen LogP contribution in [0.5, 0.6) is 0 Å². The summed E-state index contributed by atoms with van der Waals surface area (Å²) in [6, 6.07) is 16.0. The Hall–Kier alpha value is -2.62. The van der Waals surface area contributed by atoms with Gasteiger partial charge >= 0.3 is 0 Å². The zero-order chi connectivity index (χ0) is 17.2. The molecule has 1 amide bonds. The highest BCUT2D eigenvalue weighted by molar-refractivity contribution is 6.23. The Balaban J connectivity index is 1.79. The van der Waals surface area contributed by atoms with Gasteiger partial charge in [0.25, 0.3) is 0 Å². The summed E-state index contributed by atoms with van der Waals surface area (Å²) in [5.74, 6) is -0.376. The van der Waals surface area contributed by atoms with Crippen molar-refractivity contribution in [2.45, 2.75) is 44.1 Å². The largest absolute Gasteiger partial charge is 0.399 e. The van der Waals surface area contributed by atoms with Crippen molar-refractivity contribution in [2.75, 3.05) is 11.1 Å². The van der Waals surface area contributed by atoms with E-state index in [1.807, 2.05) is 48.5 Å². The fourth-order valence-electron chi connectivity index (χ4n) is 3.88. The summed E-state index contributed by atoms with van der Waals surface area (Å²) in [6.45, 7) is 0. The summed E-state index contributed by atoms with van der Waals surface area (Å²) in [5.41, 5.74) is 10.2. The molecule has 128 valence electrons. The molecule has 4 nitrogen and oxygen atoms in total. The third kappa shape index (κ3) is 3.16. The molecule has 2 aliphatic rings. The molecule has 0 aromatic heterocycles. The second-order valence-electron chi connectivity index (χ2n) is 6.94. The van der Waals surface area contributed by atoms with Gasteiger partial charge < -0.3 is 11.1 Å². The van der Waals surface area contributed by atoms with E-state index in [4.69, 9.17) is 10.7 Å². The van der Waals surface area contributed by atoms with Crippen molar-refractivity contribution in [3.8, 4) is 0 Å². The van der Waals surface area contributed by atoms with Crippen LogP contribution in [0.2, 0.25) is 0 Å². The highest BCUT2D eigenvalue weighted by Gasteiger charge is 2.35. The van der Waals surface area contributed by atoms with Gasteiger partial charge in [-0.25, -0.2) is 0 Å². The summed E-state index contributed by atoms with van der Waals surface area (Å²) in [4.78, 5) is 17.9. The number of nitrogens with zero attached hydrogens (tertiary/aromatic N) is 1. The van der Waals surface area contributed by atoms with E-state index in [1.165, 1.54) is 19.3 Å². The average Bonchev–Trinajstić information content (AvgIpc) is 2.96. The monoisotopic (exact) mass is 333 g/mol. The van der Waals surface area contributed by atoms with Gasteiger partial charge in [-0.1, -0.05) is 55.7 Å². The third-order valence-corrected chi connectivity index (χ3v) is 5.15. The van der Waals surface area contributed by atoms with Gasteiger partial charge in [-0.2, -0.15) is 0 Å². The number of carbonyl (C=O) groups excluding carboxylic acids is 1. The number of hydrogen-bond acceptors (Lipinski definition) is 3. The third-order valence-electron chi connectivity index (χ3n) is 5.15. The number of carbonyl (C=O) groups is 1. The maximum absolute atomic E-state index is 12.8. The molecule has 1 unspecified atom stereocenters. The molecule has 2 aromatic rings. The molecule has 0 radical (unpaired) electrons. The predicted molar refractivity (Wildman–Crippen MR) is 102 cm³/mol. The van der Waals surface area contributed by atoms with Gasteiger partial charge in [0.2, 0.25) is 5.91 Å². The van der Waals surface area contributed by atoms with Gasteiger partial charge in [0.1, 0.15) is 5.92 Å². The minimum absolute atomic E-state index is 0.0148. The summed E-state index contributed by atoms with van der Waals surface area (Å²) in [7, 11) is 0. The molecule has 0 spiro atoms. The van der Waals surface area contributed by atoms with Gasteiger partial charge in [-0.05, 0) is 36.1 Å². The van der Waals surface area contributed by atoms with E-state index in [0.717, 1.165) is 35.4 Å². The number of fused-ring (bicyclic) bond motifs is 1. The maximum Gasteiger partial charge on any atom is 0.238 e. The lowest BCUT2D eigenvalue weighted by molar-refractivity contribution is -0.115. The van der Waals surface area contributed by atoms with E-state index in [2.05, 4.69) is 5.32 Å². The van der Waals surface area contributed by atoms with E-state index in [1.54, 1.807) is 0 Å². The molecule has 1 aliphatic heterocycles. The van der Waals surface area contributed by atoms with E-state index in [-0.39, 0.29) is 11.8 Å². The summed E-state index contributed by atoms with van der Waals surface area (Å²) >= 11 is 0. The number of nitrogen functional groups attached to an aromatic ring is 1. The number of nitrogens with two attached hydrogens (primary N) is 1. The van der Waals surface area contributed by atoms with Gasteiger partial charge in [-0.15, -0.1) is 0 Å². The van der Waals surface area contributed by atoms with Gasteiger partial charge in [0, 0.05) is 11.4 Å². The first-order chi connectivity index (χ1) is 12.2. The topological polar surface area (TPSA) is 67.5 Å². The number of aliphatic imine (C=N–C) groups is 1. The lowest BCUT2D eigenvalue weighted by atomic mass is 9.89. The first-order valence-electron chi connectivity index (χ1n) is 9.06. The predicted octanol–water partition coefficient (Wildman–Crippen LogP) is 4.13. The molecule has 3 N–H and O–H groups in total. The molecule has 1 fully saturated rings. The van der Waals surface area contributed by atoms with Crippen molar-refractivity contribution in [1.29, 1.82) is 0 Å². The zero-order valence-corrected chi connectivity index (χ0v) is 14.2. The van der Waals surface area contributed by atoms with Crippen LogP contribution in [0, 0.1) is 0 Å². The Bertz CT molecular complexity index is 807. The zero-order valence-electron chi connectivity index (χ0n) is 14.2.